The van der Waals surface area contributed by atoms with Crippen molar-refractivity contribution in [3.05, 3.63) is 36.0 Å². The number of aromatic nitrogens is 1. The fourth-order valence-corrected chi connectivity index (χ4v) is 1.60. The van der Waals surface area contributed by atoms with E-state index in [1.807, 2.05) is 32.3 Å². The van der Waals surface area contributed by atoms with E-state index in [-0.39, 0.29) is 0 Å². The Kier molecular flexibility index (Phi) is 3.19. The standard InChI is InChI=1S/C12H14N2OS/c1-14(2)11-5-3-9(4-6-11)12-7-10(8-16)13-15-12/h3-7,16H,8H2,1-2H3. The molecule has 0 amide bonds. The van der Waals surface area contributed by atoms with Gasteiger partial charge in [0.2, 0.25) is 0 Å². The van der Waals surface area contributed by atoms with Crippen LogP contribution in [-0.2, 0) is 5.75 Å². The minimum Gasteiger partial charge on any atom is -0.378 e. The Morgan fingerprint density at radius 2 is 1.94 bits per heavy atom. The van der Waals surface area contributed by atoms with Crippen LogP contribution in [0.2, 0.25) is 0 Å². The first-order valence-electron chi connectivity index (χ1n) is 5.05. The zero-order valence-electron chi connectivity index (χ0n) is 9.34. The summed E-state index contributed by atoms with van der Waals surface area (Å²) in [4.78, 5) is 2.06. The van der Waals surface area contributed by atoms with Gasteiger partial charge in [0, 0.05) is 37.2 Å². The molecule has 0 atom stereocenters. The molecule has 0 saturated carbocycles. The van der Waals surface area contributed by atoms with Gasteiger partial charge in [-0.1, -0.05) is 5.16 Å². The summed E-state index contributed by atoms with van der Waals surface area (Å²) in [6.07, 6.45) is 0. The highest BCUT2D eigenvalue weighted by molar-refractivity contribution is 7.79. The Bertz CT molecular complexity index is 462. The highest BCUT2D eigenvalue weighted by Crippen LogP contribution is 2.23. The minimum atomic E-state index is 0.597. The predicted octanol–water partition coefficient (Wildman–Crippen LogP) is 2.84. The molecule has 0 aliphatic heterocycles. The van der Waals surface area contributed by atoms with E-state index in [0.717, 1.165) is 22.7 Å². The third-order valence-corrected chi connectivity index (χ3v) is 2.71. The minimum absolute atomic E-state index is 0.597. The van der Waals surface area contributed by atoms with Crippen molar-refractivity contribution in [1.82, 2.24) is 5.16 Å². The van der Waals surface area contributed by atoms with Crippen molar-refractivity contribution in [2.45, 2.75) is 5.75 Å². The van der Waals surface area contributed by atoms with Crippen LogP contribution >= 0.6 is 12.6 Å². The molecule has 0 aliphatic rings. The Labute approximate surface area is 100 Å². The number of anilines is 1. The van der Waals surface area contributed by atoms with Crippen LogP contribution in [0.5, 0.6) is 0 Å². The van der Waals surface area contributed by atoms with Crippen LogP contribution in [0.15, 0.2) is 34.9 Å². The molecule has 84 valence electrons. The van der Waals surface area contributed by atoms with Gasteiger partial charge in [-0.2, -0.15) is 12.6 Å². The average Bonchev–Trinajstić information content (AvgIpc) is 2.77. The molecule has 2 rings (SSSR count). The molecule has 0 spiro atoms. The van der Waals surface area contributed by atoms with Crippen molar-refractivity contribution >= 4 is 18.3 Å². The fourth-order valence-electron chi connectivity index (χ4n) is 1.45. The summed E-state index contributed by atoms with van der Waals surface area (Å²) in [6, 6.07) is 10.1. The lowest BCUT2D eigenvalue weighted by Gasteiger charge is -2.11. The van der Waals surface area contributed by atoms with Gasteiger partial charge in [-0.05, 0) is 24.3 Å². The van der Waals surface area contributed by atoms with Gasteiger partial charge in [0.05, 0.1) is 5.69 Å². The second kappa shape index (κ2) is 4.61. The van der Waals surface area contributed by atoms with Gasteiger partial charge < -0.3 is 9.42 Å². The summed E-state index contributed by atoms with van der Waals surface area (Å²) >= 11 is 4.15. The maximum absolute atomic E-state index is 5.23. The average molecular weight is 234 g/mol. The predicted molar refractivity (Wildman–Crippen MR) is 69.0 cm³/mol. The Hall–Kier alpha value is -1.42. The number of benzene rings is 1. The van der Waals surface area contributed by atoms with Crippen molar-refractivity contribution in [3.63, 3.8) is 0 Å². The molecule has 0 unspecified atom stereocenters. The summed E-state index contributed by atoms with van der Waals surface area (Å²) in [6.45, 7) is 0. The second-order valence-electron chi connectivity index (χ2n) is 3.78. The molecule has 0 aliphatic carbocycles. The molecular weight excluding hydrogens is 220 g/mol. The van der Waals surface area contributed by atoms with E-state index in [9.17, 15) is 0 Å². The quantitative estimate of drug-likeness (QED) is 0.828. The molecule has 0 N–H and O–H groups in total. The SMILES string of the molecule is CN(C)c1ccc(-c2cc(CS)no2)cc1. The van der Waals surface area contributed by atoms with Gasteiger partial charge in [0.15, 0.2) is 5.76 Å². The van der Waals surface area contributed by atoms with Crippen molar-refractivity contribution in [2.24, 2.45) is 0 Å². The molecule has 0 bridgehead atoms. The van der Waals surface area contributed by atoms with E-state index in [1.165, 1.54) is 0 Å². The Morgan fingerprint density at radius 1 is 1.25 bits per heavy atom. The van der Waals surface area contributed by atoms with Crippen LogP contribution in [0.1, 0.15) is 5.69 Å². The highest BCUT2D eigenvalue weighted by atomic mass is 32.1. The smallest absolute Gasteiger partial charge is 0.167 e. The molecule has 3 nitrogen and oxygen atoms in total. The van der Waals surface area contributed by atoms with Gasteiger partial charge in [0.25, 0.3) is 0 Å². The second-order valence-corrected chi connectivity index (χ2v) is 4.10. The lowest BCUT2D eigenvalue weighted by atomic mass is 10.1. The zero-order chi connectivity index (χ0) is 11.5. The van der Waals surface area contributed by atoms with Crippen molar-refractivity contribution in [1.29, 1.82) is 0 Å². The molecule has 1 aromatic carbocycles. The molecule has 0 radical (unpaired) electrons. The normalized spacial score (nSPS) is 10.4. The topological polar surface area (TPSA) is 29.3 Å². The molecule has 0 saturated heterocycles. The van der Waals surface area contributed by atoms with Gasteiger partial charge in [-0.25, -0.2) is 0 Å². The Balaban J connectivity index is 2.27. The van der Waals surface area contributed by atoms with Gasteiger partial charge in [0.1, 0.15) is 0 Å². The summed E-state index contributed by atoms with van der Waals surface area (Å²) in [5, 5.41) is 3.91. The first-order chi connectivity index (χ1) is 7.70. The van der Waals surface area contributed by atoms with Crippen LogP contribution < -0.4 is 4.90 Å². The number of hydrogen-bond acceptors (Lipinski definition) is 4. The van der Waals surface area contributed by atoms with Crippen molar-refractivity contribution in [2.75, 3.05) is 19.0 Å². The van der Waals surface area contributed by atoms with E-state index >= 15 is 0 Å². The maximum atomic E-state index is 5.23. The number of rotatable bonds is 3. The molecule has 2 aromatic rings. The highest BCUT2D eigenvalue weighted by Gasteiger charge is 2.05. The van der Waals surface area contributed by atoms with E-state index in [0.29, 0.717) is 5.75 Å². The lowest BCUT2D eigenvalue weighted by molar-refractivity contribution is 0.426. The molecule has 1 aromatic heterocycles. The van der Waals surface area contributed by atoms with Gasteiger partial charge in [-0.15, -0.1) is 0 Å². The molecule has 4 heteroatoms. The van der Waals surface area contributed by atoms with Gasteiger partial charge >= 0.3 is 0 Å². The monoisotopic (exact) mass is 234 g/mol. The Morgan fingerprint density at radius 3 is 2.44 bits per heavy atom. The summed E-state index contributed by atoms with van der Waals surface area (Å²) in [7, 11) is 4.03. The largest absolute Gasteiger partial charge is 0.378 e. The van der Waals surface area contributed by atoms with E-state index < -0.39 is 0 Å². The number of nitrogens with zero attached hydrogens (tertiary/aromatic N) is 2. The lowest BCUT2D eigenvalue weighted by Crippen LogP contribution is -2.07. The van der Waals surface area contributed by atoms with Crippen LogP contribution in [0.25, 0.3) is 11.3 Å². The third-order valence-electron chi connectivity index (χ3n) is 2.39. The van der Waals surface area contributed by atoms with Crippen LogP contribution in [0.4, 0.5) is 5.69 Å². The third kappa shape index (κ3) is 2.22. The van der Waals surface area contributed by atoms with Crippen molar-refractivity contribution < 1.29 is 4.52 Å². The number of thiol groups is 1. The molecular formula is C12H14N2OS. The van der Waals surface area contributed by atoms with Crippen molar-refractivity contribution in [3.8, 4) is 11.3 Å². The maximum Gasteiger partial charge on any atom is 0.167 e. The summed E-state index contributed by atoms with van der Waals surface area (Å²) in [5.41, 5.74) is 3.05. The fraction of sp³-hybridized carbons (Fsp3) is 0.250. The summed E-state index contributed by atoms with van der Waals surface area (Å²) < 4.78 is 5.23. The van der Waals surface area contributed by atoms with Gasteiger partial charge in [-0.3, -0.25) is 0 Å². The molecule has 0 fully saturated rings. The van der Waals surface area contributed by atoms with Crippen LogP contribution in [0.3, 0.4) is 0 Å². The van der Waals surface area contributed by atoms with E-state index in [1.54, 1.807) is 0 Å². The van der Waals surface area contributed by atoms with E-state index in [2.05, 4.69) is 34.8 Å². The zero-order valence-corrected chi connectivity index (χ0v) is 10.2. The summed E-state index contributed by atoms with van der Waals surface area (Å²) in [5.74, 6) is 1.38. The number of hydrogen-bond donors (Lipinski definition) is 1. The molecule has 1 heterocycles. The van der Waals surface area contributed by atoms with Crippen LogP contribution in [-0.4, -0.2) is 19.3 Å². The first-order valence-corrected chi connectivity index (χ1v) is 5.68. The van der Waals surface area contributed by atoms with E-state index in [4.69, 9.17) is 4.52 Å². The van der Waals surface area contributed by atoms with Crippen LogP contribution in [0, 0.1) is 0 Å². The first kappa shape index (κ1) is 11.1. The molecule has 16 heavy (non-hydrogen) atoms.